The lowest BCUT2D eigenvalue weighted by molar-refractivity contribution is 0.0791. The van der Waals surface area contributed by atoms with E-state index in [0.717, 1.165) is 34.8 Å². The number of hydrogen-bond donors (Lipinski definition) is 0. The molecular weight excluding hydrogens is 392 g/mol. The highest BCUT2D eigenvalue weighted by Crippen LogP contribution is 2.25. The second-order valence-electron chi connectivity index (χ2n) is 8.43. The van der Waals surface area contributed by atoms with E-state index in [1.807, 2.05) is 35.1 Å². The Labute approximate surface area is 176 Å². The van der Waals surface area contributed by atoms with Crippen LogP contribution in [0.15, 0.2) is 55.0 Å². The summed E-state index contributed by atoms with van der Waals surface area (Å²) in [6.45, 7) is 8.26. The molecule has 4 rings (SSSR count). The molecule has 0 atom stereocenters. The molecule has 0 radical (unpaired) electrons. The molecular formula is C22H24N6OSi. The summed E-state index contributed by atoms with van der Waals surface area (Å²) < 4.78 is 9.39. The number of hydrogen-bond acceptors (Lipinski definition) is 5. The Morgan fingerprint density at radius 1 is 1.10 bits per heavy atom. The number of nitriles is 1. The van der Waals surface area contributed by atoms with Crippen molar-refractivity contribution in [2.75, 3.05) is 6.61 Å². The van der Waals surface area contributed by atoms with Gasteiger partial charge in [0.25, 0.3) is 0 Å². The van der Waals surface area contributed by atoms with Crippen molar-refractivity contribution in [1.82, 2.24) is 24.5 Å². The number of rotatable bonds is 7. The summed E-state index contributed by atoms with van der Waals surface area (Å²) in [7, 11) is -1.09. The van der Waals surface area contributed by atoms with Gasteiger partial charge in [-0.3, -0.25) is 0 Å². The minimum Gasteiger partial charge on any atom is -0.360 e. The summed E-state index contributed by atoms with van der Waals surface area (Å²) in [5.74, 6) is 0.607. The molecule has 8 heteroatoms. The quantitative estimate of drug-likeness (QED) is 0.328. The first-order valence-electron chi connectivity index (χ1n) is 9.89. The van der Waals surface area contributed by atoms with Gasteiger partial charge in [-0.05, 0) is 24.2 Å². The van der Waals surface area contributed by atoms with E-state index in [4.69, 9.17) is 10.00 Å². The van der Waals surface area contributed by atoms with Crippen LogP contribution in [0.4, 0.5) is 0 Å². The minimum atomic E-state index is -1.09. The van der Waals surface area contributed by atoms with E-state index in [1.165, 1.54) is 0 Å². The average molecular weight is 417 g/mol. The third kappa shape index (κ3) is 4.48. The maximum absolute atomic E-state index is 9.16. The monoisotopic (exact) mass is 416 g/mol. The molecule has 0 aliphatic rings. The molecule has 0 amide bonds. The first-order valence-corrected chi connectivity index (χ1v) is 13.6. The number of ether oxygens (including phenoxy) is 1. The average Bonchev–Trinajstić information content (AvgIpc) is 3.36. The molecule has 3 heterocycles. The normalized spacial score (nSPS) is 11.7. The van der Waals surface area contributed by atoms with Gasteiger partial charge in [0.2, 0.25) is 0 Å². The van der Waals surface area contributed by atoms with Crippen LogP contribution in [0, 0.1) is 11.3 Å². The van der Waals surface area contributed by atoms with Crippen molar-refractivity contribution in [2.45, 2.75) is 32.4 Å². The molecule has 1 aromatic carbocycles. The number of pyridine rings is 1. The molecule has 0 aliphatic carbocycles. The van der Waals surface area contributed by atoms with Crippen molar-refractivity contribution in [2.24, 2.45) is 0 Å². The Bertz CT molecular complexity index is 1210. The first-order chi connectivity index (χ1) is 14.4. The van der Waals surface area contributed by atoms with E-state index >= 15 is 0 Å². The molecule has 0 saturated carbocycles. The highest BCUT2D eigenvalue weighted by Gasteiger charge is 2.13. The summed E-state index contributed by atoms with van der Waals surface area (Å²) in [5.41, 5.74) is 3.31. The molecule has 0 N–H and O–H groups in total. The van der Waals surface area contributed by atoms with Crippen molar-refractivity contribution in [3.63, 3.8) is 0 Å². The fraction of sp³-hybridized carbons (Fsp3) is 0.273. The molecule has 0 aliphatic heterocycles. The molecule has 0 spiro atoms. The Balaban J connectivity index is 1.56. The molecule has 0 fully saturated rings. The van der Waals surface area contributed by atoms with Gasteiger partial charge in [-0.2, -0.15) is 15.5 Å². The van der Waals surface area contributed by atoms with Gasteiger partial charge in [-0.15, -0.1) is 0 Å². The minimum absolute atomic E-state index is 0.456. The van der Waals surface area contributed by atoms with Crippen LogP contribution in [-0.2, 0) is 11.5 Å². The lowest BCUT2D eigenvalue weighted by Gasteiger charge is -2.15. The van der Waals surface area contributed by atoms with Gasteiger partial charge in [0.15, 0.2) is 5.82 Å². The zero-order valence-corrected chi connectivity index (χ0v) is 18.4. The summed E-state index contributed by atoms with van der Waals surface area (Å²) >= 11 is 0. The molecule has 4 aromatic rings. The predicted molar refractivity (Wildman–Crippen MR) is 119 cm³/mol. The lowest BCUT2D eigenvalue weighted by Crippen LogP contribution is -2.22. The van der Waals surface area contributed by atoms with Gasteiger partial charge < -0.3 is 4.74 Å². The third-order valence-electron chi connectivity index (χ3n) is 4.80. The van der Waals surface area contributed by atoms with E-state index in [9.17, 15) is 0 Å². The van der Waals surface area contributed by atoms with Crippen LogP contribution in [0.25, 0.3) is 28.0 Å². The smallest absolute Gasteiger partial charge is 0.155 e. The lowest BCUT2D eigenvalue weighted by atomic mass is 10.1. The standard InChI is InChI=1S/C22H24N6OSi/c1-30(2,3)11-10-29-16-27-15-19-5-4-18(13-20(19)26-27)21-7-9-25-28(21)22-12-17(14-23)6-8-24-22/h4-9,12-13,15H,10-11,16H2,1-3H3. The second kappa shape index (κ2) is 8.22. The molecule has 0 bridgehead atoms. The topological polar surface area (TPSA) is 81.5 Å². The predicted octanol–water partition coefficient (Wildman–Crippen LogP) is 4.47. The van der Waals surface area contributed by atoms with E-state index in [-0.39, 0.29) is 0 Å². The van der Waals surface area contributed by atoms with E-state index < -0.39 is 8.07 Å². The van der Waals surface area contributed by atoms with Crippen LogP contribution in [0.3, 0.4) is 0 Å². The number of nitrogens with zero attached hydrogens (tertiary/aromatic N) is 6. The Morgan fingerprint density at radius 3 is 2.77 bits per heavy atom. The number of benzene rings is 1. The van der Waals surface area contributed by atoms with Crippen LogP contribution in [0.1, 0.15) is 5.56 Å². The molecule has 3 aromatic heterocycles. The molecule has 7 nitrogen and oxygen atoms in total. The van der Waals surface area contributed by atoms with Crippen molar-refractivity contribution in [3.8, 4) is 23.1 Å². The maximum Gasteiger partial charge on any atom is 0.155 e. The van der Waals surface area contributed by atoms with Crippen molar-refractivity contribution in [1.29, 1.82) is 5.26 Å². The largest absolute Gasteiger partial charge is 0.360 e. The first kappa shape index (κ1) is 20.0. The number of aromatic nitrogens is 5. The third-order valence-corrected chi connectivity index (χ3v) is 6.51. The molecule has 152 valence electrons. The fourth-order valence-electron chi connectivity index (χ4n) is 3.14. The molecule has 0 saturated heterocycles. The number of fused-ring (bicyclic) bond motifs is 1. The van der Waals surface area contributed by atoms with Gasteiger partial charge in [0, 0.05) is 44.1 Å². The molecule has 30 heavy (non-hydrogen) atoms. The second-order valence-corrected chi connectivity index (χ2v) is 14.1. The van der Waals surface area contributed by atoms with Crippen molar-refractivity contribution in [3.05, 3.63) is 60.6 Å². The van der Waals surface area contributed by atoms with Crippen LogP contribution < -0.4 is 0 Å². The Morgan fingerprint density at radius 2 is 1.97 bits per heavy atom. The fourth-order valence-corrected chi connectivity index (χ4v) is 3.89. The van der Waals surface area contributed by atoms with E-state index in [1.54, 1.807) is 29.2 Å². The van der Waals surface area contributed by atoms with Gasteiger partial charge in [-0.1, -0.05) is 31.8 Å². The van der Waals surface area contributed by atoms with Gasteiger partial charge >= 0.3 is 0 Å². The van der Waals surface area contributed by atoms with Crippen molar-refractivity contribution >= 4 is 19.0 Å². The zero-order valence-electron chi connectivity index (χ0n) is 17.4. The van der Waals surface area contributed by atoms with Gasteiger partial charge in [0.05, 0.1) is 29.0 Å². The summed E-state index contributed by atoms with van der Waals surface area (Å²) in [4.78, 5) is 4.36. The van der Waals surface area contributed by atoms with Crippen molar-refractivity contribution < 1.29 is 4.74 Å². The SMILES string of the molecule is C[Si](C)(C)CCOCn1cc2ccc(-c3ccnn3-c3cc(C#N)ccn3)cc2n1. The Kier molecular flexibility index (Phi) is 5.48. The van der Waals surface area contributed by atoms with Gasteiger partial charge in [0.1, 0.15) is 6.73 Å². The van der Waals surface area contributed by atoms with E-state index in [0.29, 0.717) is 18.1 Å². The summed E-state index contributed by atoms with van der Waals surface area (Å²) in [6, 6.07) is 14.7. The highest BCUT2D eigenvalue weighted by molar-refractivity contribution is 6.76. The van der Waals surface area contributed by atoms with Gasteiger partial charge in [-0.25, -0.2) is 14.3 Å². The Hall–Kier alpha value is -3.28. The molecule has 0 unspecified atom stereocenters. The highest BCUT2D eigenvalue weighted by atomic mass is 28.3. The van der Waals surface area contributed by atoms with E-state index in [2.05, 4.69) is 40.9 Å². The van der Waals surface area contributed by atoms with Crippen LogP contribution in [-0.4, -0.2) is 39.2 Å². The zero-order chi connectivity index (χ0) is 21.1. The van der Waals surface area contributed by atoms with Crippen LogP contribution in [0.5, 0.6) is 0 Å². The maximum atomic E-state index is 9.16. The van der Waals surface area contributed by atoms with Crippen LogP contribution >= 0.6 is 0 Å². The van der Waals surface area contributed by atoms with Crippen LogP contribution in [0.2, 0.25) is 25.7 Å². The summed E-state index contributed by atoms with van der Waals surface area (Å²) in [5, 5.41) is 19.3. The summed E-state index contributed by atoms with van der Waals surface area (Å²) in [6.07, 6.45) is 5.35.